The molecule has 0 saturated heterocycles. The minimum Gasteiger partial charge on any atom is -0.479 e. The van der Waals surface area contributed by atoms with Crippen LogP contribution in [0.25, 0.3) is 0 Å². The summed E-state index contributed by atoms with van der Waals surface area (Å²) in [7, 11) is 0. The van der Waals surface area contributed by atoms with Gasteiger partial charge < -0.3 is 10.2 Å². The average molecular weight is 277 g/mol. The predicted molar refractivity (Wildman–Crippen MR) is 67.6 cm³/mol. The molecule has 94 valence electrons. The summed E-state index contributed by atoms with van der Waals surface area (Å²) in [5.74, 6) is -0.360. The maximum atomic E-state index is 10.7. The summed E-state index contributed by atoms with van der Waals surface area (Å²) in [6.07, 6.45) is 0.0261. The molecule has 0 radical (unpaired) electrons. The number of alkyl halides is 2. The second-order valence-electron chi connectivity index (χ2n) is 3.70. The van der Waals surface area contributed by atoms with Crippen molar-refractivity contribution in [1.82, 2.24) is 0 Å². The Morgan fingerprint density at radius 1 is 1.29 bits per heavy atom. The third kappa shape index (κ3) is 3.87. The van der Waals surface area contributed by atoms with E-state index in [1.54, 1.807) is 18.2 Å². The molecule has 0 aromatic heterocycles. The maximum absolute atomic E-state index is 10.7. The number of aliphatic hydroxyl groups excluding tert-OH is 1. The van der Waals surface area contributed by atoms with Crippen molar-refractivity contribution in [3.05, 3.63) is 34.9 Å². The quantitative estimate of drug-likeness (QED) is 0.786. The van der Waals surface area contributed by atoms with Gasteiger partial charge in [0, 0.05) is 11.8 Å². The summed E-state index contributed by atoms with van der Waals surface area (Å²) >= 11 is 11.4. The minimum atomic E-state index is -1.49. The molecule has 0 spiro atoms. The number of carboxylic acids is 1. The van der Waals surface area contributed by atoms with E-state index in [4.69, 9.17) is 28.3 Å². The zero-order valence-electron chi connectivity index (χ0n) is 9.20. The second kappa shape index (κ2) is 6.84. The molecule has 1 rings (SSSR count). The molecular formula is C12H14Cl2O3. The molecule has 0 bridgehead atoms. The second-order valence-corrected chi connectivity index (χ2v) is 4.34. The summed E-state index contributed by atoms with van der Waals surface area (Å²) in [6, 6.07) is 5.02. The molecule has 1 unspecified atom stereocenters. The normalized spacial score (nSPS) is 12.4. The molecule has 3 nitrogen and oxygen atoms in total. The molecule has 0 amide bonds. The minimum absolute atomic E-state index is 0.362. The number of aliphatic hydroxyl groups is 1. The molecule has 0 fully saturated rings. The summed E-state index contributed by atoms with van der Waals surface area (Å²) in [6.45, 7) is 0. The van der Waals surface area contributed by atoms with Gasteiger partial charge in [-0.3, -0.25) is 0 Å². The lowest BCUT2D eigenvalue weighted by Crippen LogP contribution is -2.11. The van der Waals surface area contributed by atoms with Gasteiger partial charge in [-0.05, 0) is 29.5 Å². The van der Waals surface area contributed by atoms with Crippen molar-refractivity contribution in [2.24, 2.45) is 0 Å². The van der Waals surface area contributed by atoms with Gasteiger partial charge in [-0.15, -0.1) is 23.2 Å². The van der Waals surface area contributed by atoms with Crippen LogP contribution in [0.5, 0.6) is 0 Å². The maximum Gasteiger partial charge on any atom is 0.337 e. The van der Waals surface area contributed by atoms with Gasteiger partial charge in [-0.25, -0.2) is 4.79 Å². The Bertz CT molecular complexity index is 393. The largest absolute Gasteiger partial charge is 0.479 e. The van der Waals surface area contributed by atoms with Crippen LogP contribution in [-0.2, 0) is 17.1 Å². The highest BCUT2D eigenvalue weighted by molar-refractivity contribution is 6.18. The van der Waals surface area contributed by atoms with Gasteiger partial charge in [0.2, 0.25) is 0 Å². The molecule has 17 heavy (non-hydrogen) atoms. The summed E-state index contributed by atoms with van der Waals surface area (Å²) in [4.78, 5) is 10.7. The first kappa shape index (κ1) is 14.3. The summed E-state index contributed by atoms with van der Waals surface area (Å²) in [5, 5.41) is 18.2. The van der Waals surface area contributed by atoms with E-state index in [2.05, 4.69) is 0 Å². The van der Waals surface area contributed by atoms with Crippen LogP contribution in [0.3, 0.4) is 0 Å². The van der Waals surface area contributed by atoms with Crippen LogP contribution in [0.15, 0.2) is 18.2 Å². The van der Waals surface area contributed by atoms with Crippen molar-refractivity contribution in [3.63, 3.8) is 0 Å². The Morgan fingerprint density at radius 3 is 2.53 bits per heavy atom. The van der Waals surface area contributed by atoms with E-state index in [0.717, 1.165) is 24.0 Å². The van der Waals surface area contributed by atoms with E-state index in [1.165, 1.54) is 0 Å². The van der Waals surface area contributed by atoms with Crippen molar-refractivity contribution < 1.29 is 15.0 Å². The molecule has 0 aliphatic rings. The number of carbonyl (C=O) groups is 1. The molecule has 0 saturated carbocycles. The molecule has 0 heterocycles. The monoisotopic (exact) mass is 276 g/mol. The molecule has 1 aromatic rings. The Hall–Kier alpha value is -0.770. The fourth-order valence-electron chi connectivity index (χ4n) is 1.58. The molecular weight excluding hydrogens is 263 g/mol. The first-order valence-electron chi connectivity index (χ1n) is 5.24. The molecule has 5 heteroatoms. The zero-order valence-corrected chi connectivity index (χ0v) is 10.7. The standard InChI is InChI=1S/C12H14Cl2O3/c13-5-1-2-8-6-9(11(15)12(16)17)3-4-10(8)7-14/h3-4,6,11,15H,1-2,5,7H2,(H,16,17). The summed E-state index contributed by atoms with van der Waals surface area (Å²) in [5.41, 5.74) is 2.26. The topological polar surface area (TPSA) is 57.5 Å². The number of hydrogen-bond donors (Lipinski definition) is 2. The van der Waals surface area contributed by atoms with Gasteiger partial charge in [0.1, 0.15) is 0 Å². The highest BCUT2D eigenvalue weighted by Gasteiger charge is 2.16. The van der Waals surface area contributed by atoms with Crippen LogP contribution in [0, 0.1) is 0 Å². The lowest BCUT2D eigenvalue weighted by Gasteiger charge is -2.11. The highest BCUT2D eigenvalue weighted by atomic mass is 35.5. The predicted octanol–water partition coefficient (Wildman–Crippen LogP) is 2.71. The van der Waals surface area contributed by atoms with E-state index in [9.17, 15) is 9.90 Å². The number of hydrogen-bond acceptors (Lipinski definition) is 2. The van der Waals surface area contributed by atoms with Gasteiger partial charge in [-0.2, -0.15) is 0 Å². The number of rotatable bonds is 6. The van der Waals surface area contributed by atoms with E-state index in [-0.39, 0.29) is 0 Å². The van der Waals surface area contributed by atoms with Crippen molar-refractivity contribution in [2.45, 2.75) is 24.8 Å². The van der Waals surface area contributed by atoms with Crippen LogP contribution in [0.2, 0.25) is 0 Å². The van der Waals surface area contributed by atoms with Crippen LogP contribution < -0.4 is 0 Å². The van der Waals surface area contributed by atoms with E-state index >= 15 is 0 Å². The van der Waals surface area contributed by atoms with Gasteiger partial charge in [0.15, 0.2) is 6.10 Å². The molecule has 2 N–H and O–H groups in total. The number of carboxylic acid groups (broad SMARTS) is 1. The van der Waals surface area contributed by atoms with Crippen molar-refractivity contribution in [3.8, 4) is 0 Å². The van der Waals surface area contributed by atoms with Gasteiger partial charge in [-0.1, -0.05) is 18.2 Å². The van der Waals surface area contributed by atoms with E-state index < -0.39 is 12.1 Å². The van der Waals surface area contributed by atoms with Crippen LogP contribution >= 0.6 is 23.2 Å². The van der Waals surface area contributed by atoms with Gasteiger partial charge in [0.05, 0.1) is 0 Å². The highest BCUT2D eigenvalue weighted by Crippen LogP contribution is 2.21. The lowest BCUT2D eigenvalue weighted by molar-refractivity contribution is -0.146. The number of halogens is 2. The van der Waals surface area contributed by atoms with E-state index in [1.807, 2.05) is 0 Å². The van der Waals surface area contributed by atoms with Crippen LogP contribution in [-0.4, -0.2) is 22.1 Å². The molecule has 0 aliphatic heterocycles. The average Bonchev–Trinajstić information content (AvgIpc) is 2.34. The fourth-order valence-corrected chi connectivity index (χ4v) is 1.97. The summed E-state index contributed by atoms with van der Waals surface area (Å²) < 4.78 is 0. The van der Waals surface area contributed by atoms with Crippen molar-refractivity contribution in [2.75, 3.05) is 5.88 Å². The van der Waals surface area contributed by atoms with Gasteiger partial charge in [0.25, 0.3) is 0 Å². The van der Waals surface area contributed by atoms with Gasteiger partial charge >= 0.3 is 5.97 Å². The number of aryl methyl sites for hydroxylation is 1. The number of aliphatic carboxylic acids is 1. The Morgan fingerprint density at radius 2 is 2.00 bits per heavy atom. The molecule has 1 aromatic carbocycles. The molecule has 1 atom stereocenters. The first-order valence-corrected chi connectivity index (χ1v) is 6.31. The smallest absolute Gasteiger partial charge is 0.337 e. The Labute approximate surface area is 110 Å². The van der Waals surface area contributed by atoms with Crippen LogP contribution in [0.4, 0.5) is 0 Å². The first-order chi connectivity index (χ1) is 8.10. The SMILES string of the molecule is O=C(O)C(O)c1ccc(CCl)c(CCCCl)c1. The number of benzene rings is 1. The van der Waals surface area contributed by atoms with Crippen molar-refractivity contribution >= 4 is 29.2 Å². The fraction of sp³-hybridized carbons (Fsp3) is 0.417. The third-order valence-corrected chi connectivity index (χ3v) is 3.06. The van der Waals surface area contributed by atoms with E-state index in [0.29, 0.717) is 17.3 Å². The molecule has 0 aliphatic carbocycles. The Kier molecular flexibility index (Phi) is 5.75. The van der Waals surface area contributed by atoms with Crippen molar-refractivity contribution in [1.29, 1.82) is 0 Å². The Balaban J connectivity index is 2.99. The zero-order chi connectivity index (χ0) is 12.8. The van der Waals surface area contributed by atoms with Crippen LogP contribution in [0.1, 0.15) is 29.2 Å². The lowest BCUT2D eigenvalue weighted by atomic mass is 9.98. The third-order valence-electron chi connectivity index (χ3n) is 2.50.